The van der Waals surface area contributed by atoms with Crippen molar-refractivity contribution in [1.29, 1.82) is 0 Å². The second-order valence-corrected chi connectivity index (χ2v) is 4.25. The summed E-state index contributed by atoms with van der Waals surface area (Å²) in [6.07, 6.45) is 0. The van der Waals surface area contributed by atoms with Crippen LogP contribution in [0.15, 0.2) is 48.5 Å². The first kappa shape index (κ1) is 12.1. The number of nitro benzene ring substituents is 1. The number of anilines is 1. The van der Waals surface area contributed by atoms with Gasteiger partial charge < -0.3 is 4.90 Å². The van der Waals surface area contributed by atoms with Gasteiger partial charge in [-0.3, -0.25) is 10.1 Å². The van der Waals surface area contributed by atoms with Crippen LogP contribution < -0.4 is 4.90 Å². The van der Waals surface area contributed by atoms with Crippen LogP contribution >= 0.6 is 0 Å². The maximum Gasteiger partial charge on any atom is 0.270 e. The summed E-state index contributed by atoms with van der Waals surface area (Å²) in [6, 6.07) is 14.6. The van der Waals surface area contributed by atoms with Crippen LogP contribution in [0, 0.1) is 10.1 Å². The molecule has 0 aliphatic heterocycles. The maximum atomic E-state index is 10.7. The predicted molar refractivity (Wildman–Crippen MR) is 72.9 cm³/mol. The quantitative estimate of drug-likeness (QED) is 0.612. The van der Waals surface area contributed by atoms with Crippen LogP contribution in [0.5, 0.6) is 0 Å². The lowest BCUT2D eigenvalue weighted by Crippen LogP contribution is -2.07. The van der Waals surface area contributed by atoms with Crippen molar-refractivity contribution < 1.29 is 4.92 Å². The van der Waals surface area contributed by atoms with E-state index in [1.54, 1.807) is 12.1 Å². The minimum Gasteiger partial charge on any atom is -0.378 e. The van der Waals surface area contributed by atoms with Gasteiger partial charge in [-0.25, -0.2) is 0 Å². The summed E-state index contributed by atoms with van der Waals surface area (Å²) < 4.78 is 0. The van der Waals surface area contributed by atoms with Gasteiger partial charge in [-0.05, 0) is 23.3 Å². The van der Waals surface area contributed by atoms with E-state index < -0.39 is 0 Å². The van der Waals surface area contributed by atoms with Crippen LogP contribution in [-0.2, 0) is 0 Å². The zero-order chi connectivity index (χ0) is 13.1. The van der Waals surface area contributed by atoms with Crippen LogP contribution in [0.25, 0.3) is 11.1 Å². The molecular formula is C14H14N2O2. The van der Waals surface area contributed by atoms with Crippen LogP contribution in [-0.4, -0.2) is 19.0 Å². The Morgan fingerprint density at radius 2 is 1.67 bits per heavy atom. The number of non-ortho nitro benzene ring substituents is 1. The van der Waals surface area contributed by atoms with Crippen LogP contribution in [0.4, 0.5) is 11.4 Å². The Kier molecular flexibility index (Phi) is 3.28. The topological polar surface area (TPSA) is 46.4 Å². The molecule has 2 rings (SSSR count). The van der Waals surface area contributed by atoms with E-state index in [1.165, 1.54) is 6.07 Å². The van der Waals surface area contributed by atoms with E-state index in [1.807, 2.05) is 49.3 Å². The molecule has 0 radical (unpaired) electrons. The van der Waals surface area contributed by atoms with Gasteiger partial charge >= 0.3 is 0 Å². The van der Waals surface area contributed by atoms with E-state index in [0.717, 1.165) is 16.8 Å². The summed E-state index contributed by atoms with van der Waals surface area (Å²) in [6.45, 7) is 0. The summed E-state index contributed by atoms with van der Waals surface area (Å²) >= 11 is 0. The first-order chi connectivity index (χ1) is 8.58. The third-order valence-electron chi connectivity index (χ3n) is 2.77. The molecule has 0 atom stereocenters. The van der Waals surface area contributed by atoms with Crippen LogP contribution in [0.2, 0.25) is 0 Å². The number of rotatable bonds is 3. The largest absolute Gasteiger partial charge is 0.378 e. The monoisotopic (exact) mass is 242 g/mol. The number of benzene rings is 2. The number of hydrogen-bond donors (Lipinski definition) is 0. The van der Waals surface area contributed by atoms with Gasteiger partial charge in [0.1, 0.15) is 0 Å². The molecular weight excluding hydrogens is 228 g/mol. The van der Waals surface area contributed by atoms with Crippen molar-refractivity contribution in [2.75, 3.05) is 19.0 Å². The molecule has 0 saturated heterocycles. The standard InChI is InChI=1S/C14H14N2O2/c1-15(2)13-8-6-11(7-9-13)12-4-3-5-14(10-12)16(17)18/h3-10H,1-2H3. The van der Waals surface area contributed by atoms with Crippen molar-refractivity contribution >= 4 is 11.4 Å². The maximum absolute atomic E-state index is 10.7. The molecule has 0 aliphatic carbocycles. The van der Waals surface area contributed by atoms with Crippen molar-refractivity contribution in [2.24, 2.45) is 0 Å². The smallest absolute Gasteiger partial charge is 0.270 e. The minimum atomic E-state index is -0.377. The first-order valence-corrected chi connectivity index (χ1v) is 5.60. The molecule has 0 unspecified atom stereocenters. The molecule has 0 aliphatic rings. The number of nitrogens with zero attached hydrogens (tertiary/aromatic N) is 2. The Morgan fingerprint density at radius 1 is 1.00 bits per heavy atom. The summed E-state index contributed by atoms with van der Waals surface area (Å²) in [5, 5.41) is 10.7. The Labute approximate surface area is 106 Å². The molecule has 0 amide bonds. The summed E-state index contributed by atoms with van der Waals surface area (Å²) in [5.74, 6) is 0. The fourth-order valence-electron chi connectivity index (χ4n) is 1.75. The molecule has 0 saturated carbocycles. The van der Waals surface area contributed by atoms with Gasteiger partial charge in [-0.15, -0.1) is 0 Å². The van der Waals surface area contributed by atoms with Gasteiger partial charge in [0.25, 0.3) is 5.69 Å². The van der Waals surface area contributed by atoms with Crippen molar-refractivity contribution in [1.82, 2.24) is 0 Å². The Morgan fingerprint density at radius 3 is 2.22 bits per heavy atom. The molecule has 2 aromatic carbocycles. The molecule has 2 aromatic rings. The third-order valence-corrected chi connectivity index (χ3v) is 2.77. The molecule has 4 heteroatoms. The lowest BCUT2D eigenvalue weighted by atomic mass is 10.0. The van der Waals surface area contributed by atoms with Gasteiger partial charge in [0.2, 0.25) is 0 Å². The predicted octanol–water partition coefficient (Wildman–Crippen LogP) is 3.33. The van der Waals surface area contributed by atoms with Gasteiger partial charge in [0, 0.05) is 31.9 Å². The van der Waals surface area contributed by atoms with Crippen molar-refractivity contribution in [2.45, 2.75) is 0 Å². The molecule has 0 spiro atoms. The van der Waals surface area contributed by atoms with Gasteiger partial charge in [-0.1, -0.05) is 24.3 Å². The molecule has 0 N–H and O–H groups in total. The highest BCUT2D eigenvalue weighted by Gasteiger charge is 2.07. The number of hydrogen-bond acceptors (Lipinski definition) is 3. The highest BCUT2D eigenvalue weighted by atomic mass is 16.6. The summed E-state index contributed by atoms with van der Waals surface area (Å²) in [7, 11) is 3.95. The highest BCUT2D eigenvalue weighted by Crippen LogP contribution is 2.25. The molecule has 18 heavy (non-hydrogen) atoms. The van der Waals surface area contributed by atoms with E-state index >= 15 is 0 Å². The minimum absolute atomic E-state index is 0.115. The zero-order valence-corrected chi connectivity index (χ0v) is 10.3. The van der Waals surface area contributed by atoms with E-state index in [2.05, 4.69) is 0 Å². The molecule has 0 fully saturated rings. The summed E-state index contributed by atoms with van der Waals surface area (Å²) in [5.41, 5.74) is 3.05. The Hall–Kier alpha value is -2.36. The molecule has 92 valence electrons. The number of nitro groups is 1. The molecule has 0 heterocycles. The average molecular weight is 242 g/mol. The van der Waals surface area contributed by atoms with Gasteiger partial charge in [-0.2, -0.15) is 0 Å². The SMILES string of the molecule is CN(C)c1ccc(-c2cccc([N+](=O)[O-])c2)cc1. The van der Waals surface area contributed by atoms with Gasteiger partial charge in [0.05, 0.1) is 4.92 Å². The lowest BCUT2D eigenvalue weighted by molar-refractivity contribution is -0.384. The molecule has 4 nitrogen and oxygen atoms in total. The second kappa shape index (κ2) is 4.87. The first-order valence-electron chi connectivity index (χ1n) is 5.60. The molecule has 0 aromatic heterocycles. The van der Waals surface area contributed by atoms with E-state index in [-0.39, 0.29) is 10.6 Å². The van der Waals surface area contributed by atoms with Crippen molar-refractivity contribution in [3.8, 4) is 11.1 Å². The Balaban J connectivity index is 2.36. The van der Waals surface area contributed by atoms with Crippen LogP contribution in [0.3, 0.4) is 0 Å². The Bertz CT molecular complexity index is 562. The molecule has 0 bridgehead atoms. The highest BCUT2D eigenvalue weighted by molar-refractivity contribution is 5.68. The third kappa shape index (κ3) is 2.48. The lowest BCUT2D eigenvalue weighted by Gasteiger charge is -2.12. The van der Waals surface area contributed by atoms with Gasteiger partial charge in [0.15, 0.2) is 0 Å². The normalized spacial score (nSPS) is 10.1. The van der Waals surface area contributed by atoms with Crippen molar-refractivity contribution in [3.05, 3.63) is 58.6 Å². The second-order valence-electron chi connectivity index (χ2n) is 4.25. The fraction of sp³-hybridized carbons (Fsp3) is 0.143. The van der Waals surface area contributed by atoms with E-state index in [0.29, 0.717) is 0 Å². The average Bonchev–Trinajstić information content (AvgIpc) is 2.39. The fourth-order valence-corrected chi connectivity index (χ4v) is 1.75. The van der Waals surface area contributed by atoms with E-state index in [9.17, 15) is 10.1 Å². The van der Waals surface area contributed by atoms with E-state index in [4.69, 9.17) is 0 Å². The summed E-state index contributed by atoms with van der Waals surface area (Å²) in [4.78, 5) is 12.4. The van der Waals surface area contributed by atoms with Crippen molar-refractivity contribution in [3.63, 3.8) is 0 Å². The zero-order valence-electron chi connectivity index (χ0n) is 10.3. The van der Waals surface area contributed by atoms with Crippen LogP contribution in [0.1, 0.15) is 0 Å².